The molecule has 2 aliphatic rings. The molecule has 0 bridgehead atoms. The van der Waals surface area contributed by atoms with Crippen molar-refractivity contribution in [1.29, 1.82) is 0 Å². The van der Waals surface area contributed by atoms with E-state index in [0.717, 1.165) is 29.8 Å². The Morgan fingerprint density at radius 3 is 2.75 bits per heavy atom. The number of ether oxygens (including phenoxy) is 1. The minimum absolute atomic E-state index is 0.161. The normalized spacial score (nSPS) is 18.5. The van der Waals surface area contributed by atoms with Crippen LogP contribution in [0.15, 0.2) is 57.3 Å². The first kappa shape index (κ1) is 29.5. The van der Waals surface area contributed by atoms with E-state index in [0.29, 0.717) is 47.0 Å². The molecule has 1 amide bonds. The first-order chi connectivity index (χ1) is 19.4. The number of rotatable bonds is 11. The summed E-state index contributed by atoms with van der Waals surface area (Å²) in [6.45, 7) is 10.3. The number of amides is 1. The molecule has 0 aromatic carbocycles. The third-order valence-corrected chi connectivity index (χ3v) is 7.90. The van der Waals surface area contributed by atoms with Crippen molar-refractivity contribution in [2.75, 3.05) is 26.0 Å². The molecule has 1 saturated carbocycles. The van der Waals surface area contributed by atoms with Gasteiger partial charge < -0.3 is 14.6 Å². The van der Waals surface area contributed by atoms with Gasteiger partial charge in [0, 0.05) is 19.2 Å². The highest BCUT2D eigenvalue weighted by atomic mass is 32.2. The minimum Gasteiger partial charge on any atom is -0.611 e. The summed E-state index contributed by atoms with van der Waals surface area (Å²) in [5.41, 5.74) is 3.29. The number of carbonyl (C=O) groups excluding carboxylic acids is 1. The molecule has 2 aromatic heterocycles. The number of nitrogens with zero attached hydrogens (tertiary/aromatic N) is 7. The number of hydrogen-bond donors (Lipinski definition) is 1. The van der Waals surface area contributed by atoms with Crippen molar-refractivity contribution < 1.29 is 14.1 Å². The average molecular weight is 565 g/mol. The third kappa shape index (κ3) is 6.80. The van der Waals surface area contributed by atoms with Gasteiger partial charge in [-0.15, -0.1) is 0 Å². The van der Waals surface area contributed by atoms with Crippen molar-refractivity contribution in [2.24, 2.45) is 15.0 Å². The quantitative estimate of drug-likeness (QED) is 0.251. The van der Waals surface area contributed by atoms with Gasteiger partial charge in [-0.3, -0.25) is 19.7 Å². The lowest BCUT2D eigenvalue weighted by molar-refractivity contribution is -0.123. The van der Waals surface area contributed by atoms with Crippen LogP contribution >= 0.6 is 0 Å². The predicted octanol–water partition coefficient (Wildman–Crippen LogP) is 2.79. The fraction of sp³-hybridized carbons (Fsp3) is 0.464. The van der Waals surface area contributed by atoms with Gasteiger partial charge in [0.1, 0.15) is 17.9 Å². The molecular formula is C28H36N8O3S. The van der Waals surface area contributed by atoms with Gasteiger partial charge in [-0.05, 0) is 56.4 Å². The molecule has 1 N–H and O–H groups in total. The number of carbonyl (C=O) groups is 1. The first-order valence-corrected chi connectivity index (χ1v) is 14.8. The Kier molecular flexibility index (Phi) is 10.1. The molecule has 212 valence electrons. The fourth-order valence-electron chi connectivity index (χ4n) is 4.48. The lowest BCUT2D eigenvalue weighted by atomic mass is 10.1. The van der Waals surface area contributed by atoms with E-state index in [-0.39, 0.29) is 30.9 Å². The summed E-state index contributed by atoms with van der Waals surface area (Å²) >= 11 is -1.07. The second-order valence-electron chi connectivity index (χ2n) is 9.49. The first-order valence-electron chi connectivity index (χ1n) is 13.5. The monoisotopic (exact) mass is 564 g/mol. The molecule has 0 saturated heterocycles. The Hall–Kier alpha value is -3.48. The second-order valence-corrected chi connectivity index (χ2v) is 11.2. The molecule has 3 heterocycles. The molecule has 1 unspecified atom stereocenters. The number of hydrogen-bond acceptors (Lipinski definition) is 9. The highest BCUT2D eigenvalue weighted by Crippen LogP contribution is 2.41. The van der Waals surface area contributed by atoms with Crippen LogP contribution in [0.2, 0.25) is 0 Å². The fourth-order valence-corrected chi connectivity index (χ4v) is 5.20. The topological polar surface area (TPSA) is 140 Å². The molecule has 0 spiro atoms. The van der Waals surface area contributed by atoms with Gasteiger partial charge in [-0.1, -0.05) is 13.5 Å². The minimum atomic E-state index is -1.07. The van der Waals surface area contributed by atoms with E-state index in [1.807, 2.05) is 20.8 Å². The Labute approximate surface area is 238 Å². The van der Waals surface area contributed by atoms with Crippen molar-refractivity contribution in [1.82, 2.24) is 25.2 Å². The van der Waals surface area contributed by atoms with Gasteiger partial charge in [-0.2, -0.15) is 0 Å². The zero-order valence-corrected chi connectivity index (χ0v) is 24.3. The van der Waals surface area contributed by atoms with E-state index in [2.05, 4.69) is 36.8 Å². The smallest absolute Gasteiger partial charge is 0.294 e. The summed E-state index contributed by atoms with van der Waals surface area (Å²) in [4.78, 5) is 43.3. The number of pyridine rings is 1. The van der Waals surface area contributed by atoms with E-state index >= 15 is 0 Å². The van der Waals surface area contributed by atoms with Crippen LogP contribution in [0.25, 0.3) is 0 Å². The summed E-state index contributed by atoms with van der Waals surface area (Å²) in [6, 6.07) is 3.28. The van der Waals surface area contributed by atoms with Crippen LogP contribution in [-0.4, -0.2) is 79.9 Å². The third-order valence-electron chi connectivity index (χ3n) is 6.61. The van der Waals surface area contributed by atoms with Crippen LogP contribution in [0.4, 0.5) is 0 Å². The zero-order valence-electron chi connectivity index (χ0n) is 23.5. The van der Waals surface area contributed by atoms with Gasteiger partial charge in [0.2, 0.25) is 0 Å². The zero-order chi connectivity index (χ0) is 28.6. The largest absolute Gasteiger partial charge is 0.611 e. The van der Waals surface area contributed by atoms with Gasteiger partial charge >= 0.3 is 0 Å². The molecule has 2 aromatic rings. The number of nitrogens with one attached hydrogen (secondary N) is 1. The highest BCUT2D eigenvalue weighted by molar-refractivity contribution is 7.91. The van der Waals surface area contributed by atoms with E-state index < -0.39 is 11.2 Å². The summed E-state index contributed by atoms with van der Waals surface area (Å²) in [7, 11) is 1.59. The molecule has 1 aliphatic carbocycles. The van der Waals surface area contributed by atoms with Crippen LogP contribution in [-0.2, 0) is 33.7 Å². The van der Waals surface area contributed by atoms with Crippen molar-refractivity contribution in [2.45, 2.75) is 63.4 Å². The Morgan fingerprint density at radius 2 is 2.12 bits per heavy atom. The maximum atomic E-state index is 13.7. The molecule has 0 radical (unpaired) electrons. The molecular weight excluding hydrogens is 528 g/mol. The van der Waals surface area contributed by atoms with E-state index in [1.54, 1.807) is 36.7 Å². The van der Waals surface area contributed by atoms with Crippen LogP contribution in [0.3, 0.4) is 0 Å². The predicted molar refractivity (Wildman–Crippen MR) is 156 cm³/mol. The Bertz CT molecular complexity index is 1310. The number of amidine groups is 3. The lowest BCUT2D eigenvalue weighted by Crippen LogP contribution is -2.55. The van der Waals surface area contributed by atoms with Crippen LogP contribution in [0.1, 0.15) is 62.2 Å². The van der Waals surface area contributed by atoms with Gasteiger partial charge in [0.05, 0.1) is 54.6 Å². The van der Waals surface area contributed by atoms with Crippen LogP contribution in [0.5, 0.6) is 0 Å². The summed E-state index contributed by atoms with van der Waals surface area (Å²) in [5, 5.41) is 3.12. The lowest BCUT2D eigenvalue weighted by Gasteiger charge is -2.33. The number of aromatic nitrogens is 3. The average Bonchev–Trinajstić information content (AvgIpc) is 3.82. The van der Waals surface area contributed by atoms with E-state index in [1.165, 1.54) is 6.20 Å². The van der Waals surface area contributed by atoms with Crippen LogP contribution < -0.4 is 5.32 Å². The summed E-state index contributed by atoms with van der Waals surface area (Å²) in [6.07, 6.45) is 7.46. The number of aryl methyl sites for hydroxylation is 1. The molecule has 4 rings (SSSR count). The number of aliphatic imine (C=N–C) groups is 3. The standard InChI is InChI=1S/C28H36N8O3S/c1-6-22-24(25(19-9-10-19)34-17-33-22)26(29-7-2)35-23-15-32-27(28(37)36(23)18(4)16-39-5)31-13-20-11-12-21(14-30-20)40(38)8-3/h7,11-12,14,17-19H,2,6,8-10,13,15-16H2,1,3-5H3,(H,31,32)/b29-26-,35-23+/t18-,40?/m0/s1. The van der Waals surface area contributed by atoms with Crippen molar-refractivity contribution in [3.8, 4) is 0 Å². The summed E-state index contributed by atoms with van der Waals surface area (Å²) < 4.78 is 17.4. The maximum absolute atomic E-state index is 13.7. The Morgan fingerprint density at radius 1 is 1.32 bits per heavy atom. The van der Waals surface area contributed by atoms with E-state index in [4.69, 9.17) is 9.73 Å². The maximum Gasteiger partial charge on any atom is 0.294 e. The second kappa shape index (κ2) is 13.7. The summed E-state index contributed by atoms with van der Waals surface area (Å²) in [5.74, 6) is 1.66. The van der Waals surface area contributed by atoms with Crippen LogP contribution in [0, 0.1) is 0 Å². The molecule has 40 heavy (non-hydrogen) atoms. The molecule has 2 atom stereocenters. The van der Waals surface area contributed by atoms with E-state index in [9.17, 15) is 9.35 Å². The molecule has 11 nitrogen and oxygen atoms in total. The van der Waals surface area contributed by atoms with Crippen molar-refractivity contribution in [3.63, 3.8) is 0 Å². The molecule has 1 fully saturated rings. The number of methoxy groups -OCH3 is 1. The van der Waals surface area contributed by atoms with Gasteiger partial charge in [0.15, 0.2) is 16.6 Å². The molecule has 1 aliphatic heterocycles. The van der Waals surface area contributed by atoms with Crippen molar-refractivity contribution >= 4 is 34.6 Å². The SMILES string of the molecule is C=C/N=C(\N=C1/CN=C(NCc2ccc([S+]([O-])CC)cn2)C(=O)N1[C@@H](C)COC)c1c(CC)ncnc1C1CC1. The van der Waals surface area contributed by atoms with Crippen molar-refractivity contribution in [3.05, 3.63) is 60.1 Å². The van der Waals surface area contributed by atoms with Gasteiger partial charge in [0.25, 0.3) is 5.91 Å². The highest BCUT2D eigenvalue weighted by Gasteiger charge is 2.34. The molecule has 12 heteroatoms. The van der Waals surface area contributed by atoms with Gasteiger partial charge in [-0.25, -0.2) is 20.0 Å². The Balaban J connectivity index is 1.64.